The third kappa shape index (κ3) is 3.57. The minimum Gasteiger partial charge on any atom is -0.347 e. The van der Waals surface area contributed by atoms with Gasteiger partial charge in [0.25, 0.3) is 5.91 Å². The van der Waals surface area contributed by atoms with E-state index < -0.39 is 0 Å². The van der Waals surface area contributed by atoms with Crippen LogP contribution in [0.3, 0.4) is 0 Å². The second kappa shape index (κ2) is 7.21. The Hall–Kier alpha value is -2.80. The second-order valence-corrected chi connectivity index (χ2v) is 7.49. The van der Waals surface area contributed by atoms with Gasteiger partial charge in [0.1, 0.15) is 4.88 Å². The molecule has 1 aromatic carbocycles. The van der Waals surface area contributed by atoms with Crippen molar-refractivity contribution in [3.8, 4) is 11.3 Å². The Morgan fingerprint density at radius 3 is 2.85 bits per heavy atom. The molecule has 7 heteroatoms. The monoisotopic (exact) mass is 365 g/mol. The van der Waals surface area contributed by atoms with Crippen molar-refractivity contribution < 1.29 is 4.79 Å². The molecule has 0 spiro atoms. The van der Waals surface area contributed by atoms with Gasteiger partial charge in [-0.15, -0.1) is 11.3 Å². The molecular formula is C19H19N5OS. The molecule has 3 heterocycles. The largest absolute Gasteiger partial charge is 0.347 e. The molecule has 4 rings (SSSR count). The standard InChI is InChI=1S/C19H19N5OS/c1-13-21-11-17(26-13)18(25)22-15-8-10-24(12-15)19-20-9-7-16(23-19)14-5-3-2-4-6-14/h2-7,9,11,15H,8,10,12H2,1H3,(H,22,25). The highest BCUT2D eigenvalue weighted by molar-refractivity contribution is 7.13. The van der Waals surface area contributed by atoms with Crippen LogP contribution in [0.25, 0.3) is 11.3 Å². The number of hydrogen-bond acceptors (Lipinski definition) is 6. The number of nitrogens with one attached hydrogen (secondary N) is 1. The smallest absolute Gasteiger partial charge is 0.263 e. The number of hydrogen-bond donors (Lipinski definition) is 1. The van der Waals surface area contributed by atoms with Crippen LogP contribution in [-0.2, 0) is 0 Å². The first-order chi connectivity index (χ1) is 12.7. The Kier molecular flexibility index (Phi) is 4.62. The van der Waals surface area contributed by atoms with Crippen LogP contribution in [0, 0.1) is 6.92 Å². The first-order valence-electron chi connectivity index (χ1n) is 8.56. The van der Waals surface area contributed by atoms with Gasteiger partial charge in [0.05, 0.1) is 16.9 Å². The van der Waals surface area contributed by atoms with Crippen LogP contribution < -0.4 is 10.2 Å². The molecule has 1 aliphatic heterocycles. The minimum atomic E-state index is -0.0543. The number of thiazole rings is 1. The van der Waals surface area contributed by atoms with E-state index in [0.717, 1.165) is 29.2 Å². The molecule has 2 aromatic heterocycles. The van der Waals surface area contributed by atoms with E-state index in [1.165, 1.54) is 11.3 Å². The molecule has 1 unspecified atom stereocenters. The first-order valence-corrected chi connectivity index (χ1v) is 9.37. The van der Waals surface area contributed by atoms with Crippen LogP contribution in [0.2, 0.25) is 0 Å². The van der Waals surface area contributed by atoms with Gasteiger partial charge in [-0.2, -0.15) is 0 Å². The average molecular weight is 365 g/mol. The van der Waals surface area contributed by atoms with Gasteiger partial charge >= 0.3 is 0 Å². The summed E-state index contributed by atoms with van der Waals surface area (Å²) in [6.07, 6.45) is 4.30. The first kappa shape index (κ1) is 16.7. The van der Waals surface area contributed by atoms with E-state index >= 15 is 0 Å². The van der Waals surface area contributed by atoms with E-state index in [4.69, 9.17) is 4.98 Å². The third-order valence-electron chi connectivity index (χ3n) is 4.36. The zero-order valence-electron chi connectivity index (χ0n) is 14.4. The zero-order valence-corrected chi connectivity index (χ0v) is 15.2. The van der Waals surface area contributed by atoms with Crippen LogP contribution in [0.5, 0.6) is 0 Å². The molecule has 3 aromatic rings. The lowest BCUT2D eigenvalue weighted by molar-refractivity contribution is 0.0944. The van der Waals surface area contributed by atoms with Crippen LogP contribution in [0.4, 0.5) is 5.95 Å². The molecule has 1 amide bonds. The van der Waals surface area contributed by atoms with Gasteiger partial charge in [0, 0.05) is 30.9 Å². The van der Waals surface area contributed by atoms with Gasteiger partial charge < -0.3 is 10.2 Å². The molecule has 1 saturated heterocycles. The van der Waals surface area contributed by atoms with E-state index in [1.54, 1.807) is 12.4 Å². The van der Waals surface area contributed by atoms with Gasteiger partial charge in [-0.25, -0.2) is 15.0 Å². The summed E-state index contributed by atoms with van der Waals surface area (Å²) in [5, 5.41) is 3.99. The Morgan fingerprint density at radius 1 is 1.23 bits per heavy atom. The van der Waals surface area contributed by atoms with Crippen molar-refractivity contribution in [1.29, 1.82) is 0 Å². The van der Waals surface area contributed by atoms with Crippen molar-refractivity contribution in [3.05, 3.63) is 58.7 Å². The molecule has 0 saturated carbocycles. The maximum atomic E-state index is 12.3. The number of amides is 1. The number of benzene rings is 1. The predicted molar refractivity (Wildman–Crippen MR) is 102 cm³/mol. The maximum absolute atomic E-state index is 12.3. The molecular weight excluding hydrogens is 346 g/mol. The number of aromatic nitrogens is 3. The Bertz CT molecular complexity index is 911. The van der Waals surface area contributed by atoms with E-state index in [9.17, 15) is 4.79 Å². The summed E-state index contributed by atoms with van der Waals surface area (Å²) in [4.78, 5) is 28.3. The number of carbonyl (C=O) groups is 1. The summed E-state index contributed by atoms with van der Waals surface area (Å²) in [7, 11) is 0. The molecule has 0 bridgehead atoms. The molecule has 1 N–H and O–H groups in total. The topological polar surface area (TPSA) is 71.0 Å². The van der Waals surface area contributed by atoms with Crippen LogP contribution in [0.15, 0.2) is 48.8 Å². The SMILES string of the molecule is Cc1ncc(C(=O)NC2CCN(c3nccc(-c4ccccc4)n3)C2)s1. The Labute approximate surface area is 155 Å². The summed E-state index contributed by atoms with van der Waals surface area (Å²) >= 11 is 1.41. The normalized spacial score (nSPS) is 16.7. The van der Waals surface area contributed by atoms with Crippen LogP contribution in [0.1, 0.15) is 21.1 Å². The van der Waals surface area contributed by atoms with Crippen molar-refractivity contribution >= 4 is 23.2 Å². The lowest BCUT2D eigenvalue weighted by Crippen LogP contribution is -2.37. The van der Waals surface area contributed by atoms with Crippen molar-refractivity contribution in [2.75, 3.05) is 18.0 Å². The van der Waals surface area contributed by atoms with E-state index in [1.807, 2.05) is 43.3 Å². The number of rotatable bonds is 4. The van der Waals surface area contributed by atoms with Crippen molar-refractivity contribution in [2.45, 2.75) is 19.4 Å². The highest BCUT2D eigenvalue weighted by Crippen LogP contribution is 2.21. The van der Waals surface area contributed by atoms with Gasteiger partial charge in [0.15, 0.2) is 0 Å². The van der Waals surface area contributed by atoms with E-state index in [0.29, 0.717) is 17.4 Å². The fourth-order valence-electron chi connectivity index (χ4n) is 3.05. The van der Waals surface area contributed by atoms with Crippen LogP contribution >= 0.6 is 11.3 Å². The van der Waals surface area contributed by atoms with Gasteiger partial charge in [-0.1, -0.05) is 30.3 Å². The van der Waals surface area contributed by atoms with Crippen molar-refractivity contribution in [2.24, 2.45) is 0 Å². The minimum absolute atomic E-state index is 0.0543. The van der Waals surface area contributed by atoms with Crippen molar-refractivity contribution in [3.63, 3.8) is 0 Å². The summed E-state index contributed by atoms with van der Waals surface area (Å²) in [5.41, 5.74) is 1.98. The van der Waals surface area contributed by atoms with Gasteiger partial charge in [-0.3, -0.25) is 4.79 Å². The molecule has 6 nitrogen and oxygen atoms in total. The summed E-state index contributed by atoms with van der Waals surface area (Å²) in [6.45, 7) is 3.43. The van der Waals surface area contributed by atoms with E-state index in [-0.39, 0.29) is 11.9 Å². The fraction of sp³-hybridized carbons (Fsp3) is 0.263. The second-order valence-electron chi connectivity index (χ2n) is 6.26. The zero-order chi connectivity index (χ0) is 17.9. The maximum Gasteiger partial charge on any atom is 0.263 e. The molecule has 0 aliphatic carbocycles. The summed E-state index contributed by atoms with van der Waals surface area (Å²) in [5.74, 6) is 0.651. The Morgan fingerprint density at radius 2 is 2.08 bits per heavy atom. The summed E-state index contributed by atoms with van der Waals surface area (Å²) < 4.78 is 0. The molecule has 132 valence electrons. The fourth-order valence-corrected chi connectivity index (χ4v) is 3.73. The number of nitrogens with zero attached hydrogens (tertiary/aromatic N) is 4. The molecule has 1 fully saturated rings. The lowest BCUT2D eigenvalue weighted by Gasteiger charge is -2.17. The molecule has 26 heavy (non-hydrogen) atoms. The third-order valence-corrected chi connectivity index (χ3v) is 5.28. The van der Waals surface area contributed by atoms with E-state index in [2.05, 4.69) is 20.2 Å². The molecule has 0 radical (unpaired) electrons. The number of carbonyl (C=O) groups excluding carboxylic acids is 1. The summed E-state index contributed by atoms with van der Waals surface area (Å²) in [6, 6.07) is 12.1. The highest BCUT2D eigenvalue weighted by Gasteiger charge is 2.26. The lowest BCUT2D eigenvalue weighted by atomic mass is 10.1. The van der Waals surface area contributed by atoms with Crippen LogP contribution in [-0.4, -0.2) is 40.0 Å². The van der Waals surface area contributed by atoms with Gasteiger partial charge in [-0.05, 0) is 19.4 Å². The number of anilines is 1. The van der Waals surface area contributed by atoms with Crippen molar-refractivity contribution in [1.82, 2.24) is 20.3 Å². The quantitative estimate of drug-likeness (QED) is 0.770. The number of aryl methyl sites for hydroxylation is 1. The highest BCUT2D eigenvalue weighted by atomic mass is 32.1. The average Bonchev–Trinajstić information content (AvgIpc) is 3.32. The molecule has 1 atom stereocenters. The predicted octanol–water partition coefficient (Wildman–Crippen LogP) is 2.92. The molecule has 1 aliphatic rings. The Balaban J connectivity index is 1.43. The van der Waals surface area contributed by atoms with Gasteiger partial charge in [0.2, 0.25) is 5.95 Å².